The van der Waals surface area contributed by atoms with Crippen LogP contribution in [0.25, 0.3) is 5.69 Å². The molecular weight excluding hydrogens is 371 g/mol. The second-order valence-corrected chi connectivity index (χ2v) is 6.23. The van der Waals surface area contributed by atoms with Crippen molar-refractivity contribution in [1.82, 2.24) is 14.7 Å². The van der Waals surface area contributed by atoms with Crippen LogP contribution in [-0.4, -0.2) is 50.2 Å². The number of aromatic nitrogens is 2. The molecule has 1 amide bonds. The van der Waals surface area contributed by atoms with Gasteiger partial charge < -0.3 is 19.8 Å². The summed E-state index contributed by atoms with van der Waals surface area (Å²) in [6, 6.07) is 6.46. The smallest absolute Gasteiger partial charge is 0.407 e. The van der Waals surface area contributed by atoms with Crippen molar-refractivity contribution in [2.45, 2.75) is 25.6 Å². The fraction of sp³-hybridized carbons (Fsp3) is 0.333. The third kappa shape index (κ3) is 3.94. The molecule has 28 heavy (non-hydrogen) atoms. The first-order valence-electron chi connectivity index (χ1n) is 8.51. The molecule has 0 aliphatic carbocycles. The molecule has 3 rings (SSSR count). The van der Waals surface area contributed by atoms with Crippen molar-refractivity contribution in [3.8, 4) is 17.5 Å². The molecule has 2 N–H and O–H groups in total. The van der Waals surface area contributed by atoms with Gasteiger partial charge in [-0.15, -0.1) is 0 Å². The van der Waals surface area contributed by atoms with Gasteiger partial charge in [0.2, 0.25) is 0 Å². The van der Waals surface area contributed by atoms with Crippen molar-refractivity contribution in [3.05, 3.63) is 51.7 Å². The fourth-order valence-electron chi connectivity index (χ4n) is 2.94. The predicted molar refractivity (Wildman–Crippen MR) is 93.7 cm³/mol. The van der Waals surface area contributed by atoms with Crippen LogP contribution in [-0.2, 0) is 6.61 Å². The van der Waals surface area contributed by atoms with Crippen LogP contribution in [0.2, 0.25) is 0 Å². The lowest BCUT2D eigenvalue weighted by atomic mass is 10.1. The summed E-state index contributed by atoms with van der Waals surface area (Å²) in [6.45, 7) is 0.106. The zero-order valence-electron chi connectivity index (χ0n) is 14.7. The maximum absolute atomic E-state index is 13.8. The summed E-state index contributed by atoms with van der Waals surface area (Å²) in [7, 11) is 0. The zero-order chi connectivity index (χ0) is 20.3. The Hall–Kier alpha value is -3.45. The van der Waals surface area contributed by atoms with Crippen LogP contribution in [0.3, 0.4) is 0 Å². The minimum Gasteiger partial charge on any atom is -0.488 e. The Balaban J connectivity index is 1.84. The van der Waals surface area contributed by atoms with E-state index in [0.717, 1.165) is 16.8 Å². The number of piperidine rings is 1. The van der Waals surface area contributed by atoms with Gasteiger partial charge in [0.05, 0.1) is 17.9 Å². The van der Waals surface area contributed by atoms with Gasteiger partial charge in [-0.05, 0) is 12.1 Å². The van der Waals surface area contributed by atoms with Gasteiger partial charge in [-0.1, -0.05) is 0 Å². The first kappa shape index (κ1) is 19.3. The van der Waals surface area contributed by atoms with Gasteiger partial charge in [0, 0.05) is 38.1 Å². The first-order valence-corrected chi connectivity index (χ1v) is 8.51. The van der Waals surface area contributed by atoms with Gasteiger partial charge >= 0.3 is 6.09 Å². The predicted octanol–water partition coefficient (Wildman–Crippen LogP) is 1.26. The van der Waals surface area contributed by atoms with Crippen LogP contribution in [0.5, 0.6) is 5.75 Å². The summed E-state index contributed by atoms with van der Waals surface area (Å²) < 4.78 is 20.5. The average molecular weight is 388 g/mol. The molecule has 9 nitrogen and oxygen atoms in total. The third-order valence-corrected chi connectivity index (χ3v) is 4.44. The normalized spacial score (nSPS) is 14.5. The Morgan fingerprint density at radius 3 is 2.64 bits per heavy atom. The number of benzene rings is 1. The molecule has 1 aromatic carbocycles. The third-order valence-electron chi connectivity index (χ3n) is 4.44. The Bertz CT molecular complexity index is 992. The van der Waals surface area contributed by atoms with Gasteiger partial charge in [0.1, 0.15) is 23.7 Å². The number of hydrogen-bond donors (Lipinski definition) is 2. The minimum atomic E-state index is -0.992. The molecule has 1 aliphatic rings. The SMILES string of the molecule is N#Cc1ccc(-n2nc(CO)c(OC3CCN(C(=O)O)CC3)cc2=O)cc1F. The molecular formula is C18H17FN4O5. The van der Waals surface area contributed by atoms with Crippen molar-refractivity contribution >= 4 is 6.09 Å². The molecule has 0 unspecified atom stereocenters. The van der Waals surface area contributed by atoms with Crippen molar-refractivity contribution in [1.29, 1.82) is 5.26 Å². The van der Waals surface area contributed by atoms with Crippen LogP contribution >= 0.6 is 0 Å². The molecule has 2 heterocycles. The molecule has 0 radical (unpaired) electrons. The quantitative estimate of drug-likeness (QED) is 0.807. The van der Waals surface area contributed by atoms with Gasteiger partial charge in [-0.25, -0.2) is 9.18 Å². The van der Waals surface area contributed by atoms with Gasteiger partial charge in [-0.3, -0.25) is 4.79 Å². The van der Waals surface area contributed by atoms with Crippen LogP contribution < -0.4 is 10.3 Å². The molecule has 0 saturated carbocycles. The maximum Gasteiger partial charge on any atom is 0.407 e. The highest BCUT2D eigenvalue weighted by Crippen LogP contribution is 2.21. The van der Waals surface area contributed by atoms with Crippen LogP contribution in [0, 0.1) is 17.1 Å². The van der Waals surface area contributed by atoms with E-state index in [1.54, 1.807) is 6.07 Å². The number of hydrogen-bond acceptors (Lipinski definition) is 6. The number of likely N-dealkylation sites (tertiary alicyclic amines) is 1. The number of ether oxygens (including phenoxy) is 1. The van der Waals surface area contributed by atoms with Crippen LogP contribution in [0.1, 0.15) is 24.1 Å². The number of nitriles is 1. The van der Waals surface area contributed by atoms with E-state index in [0.29, 0.717) is 25.9 Å². The highest BCUT2D eigenvalue weighted by Gasteiger charge is 2.24. The number of carbonyl (C=O) groups is 1. The van der Waals surface area contributed by atoms with Crippen LogP contribution in [0.4, 0.5) is 9.18 Å². The molecule has 1 aliphatic heterocycles. The lowest BCUT2D eigenvalue weighted by molar-refractivity contribution is 0.0874. The van der Waals surface area contributed by atoms with E-state index < -0.39 is 24.1 Å². The number of halogens is 1. The second kappa shape index (κ2) is 8.06. The number of nitrogens with zero attached hydrogens (tertiary/aromatic N) is 4. The number of amides is 1. The Kier molecular flexibility index (Phi) is 5.56. The summed E-state index contributed by atoms with van der Waals surface area (Å²) in [6.07, 6.45) is -0.416. The van der Waals surface area contributed by atoms with E-state index >= 15 is 0 Å². The summed E-state index contributed by atoms with van der Waals surface area (Å²) >= 11 is 0. The monoisotopic (exact) mass is 388 g/mol. The van der Waals surface area contributed by atoms with E-state index in [-0.39, 0.29) is 28.8 Å². The molecule has 146 valence electrons. The average Bonchev–Trinajstić information content (AvgIpc) is 2.68. The van der Waals surface area contributed by atoms with Crippen molar-refractivity contribution < 1.29 is 24.1 Å². The molecule has 1 saturated heterocycles. The van der Waals surface area contributed by atoms with Gasteiger partial charge in [-0.2, -0.15) is 15.0 Å². The molecule has 0 atom stereocenters. The Labute approximate surface area is 158 Å². The van der Waals surface area contributed by atoms with Crippen molar-refractivity contribution in [2.24, 2.45) is 0 Å². The molecule has 1 fully saturated rings. The van der Waals surface area contributed by atoms with E-state index in [4.69, 9.17) is 15.1 Å². The van der Waals surface area contributed by atoms with Crippen molar-refractivity contribution in [2.75, 3.05) is 13.1 Å². The molecule has 0 spiro atoms. The zero-order valence-corrected chi connectivity index (χ0v) is 14.7. The van der Waals surface area contributed by atoms with E-state index in [9.17, 15) is 19.1 Å². The first-order chi connectivity index (χ1) is 13.4. The number of carboxylic acid groups (broad SMARTS) is 1. The molecule has 2 aromatic rings. The fourth-order valence-corrected chi connectivity index (χ4v) is 2.94. The summed E-state index contributed by atoms with van der Waals surface area (Å²) in [4.78, 5) is 24.7. The number of aliphatic hydroxyl groups is 1. The van der Waals surface area contributed by atoms with E-state index in [2.05, 4.69) is 5.10 Å². The summed E-state index contributed by atoms with van der Waals surface area (Å²) in [5.41, 5.74) is -0.561. The highest BCUT2D eigenvalue weighted by atomic mass is 19.1. The summed E-state index contributed by atoms with van der Waals surface area (Å²) in [5.74, 6) is -0.684. The number of aliphatic hydroxyl groups excluding tert-OH is 1. The topological polar surface area (TPSA) is 129 Å². The van der Waals surface area contributed by atoms with Crippen LogP contribution in [0.15, 0.2) is 29.1 Å². The van der Waals surface area contributed by atoms with Crippen molar-refractivity contribution in [3.63, 3.8) is 0 Å². The lowest BCUT2D eigenvalue weighted by Gasteiger charge is -2.30. The lowest BCUT2D eigenvalue weighted by Crippen LogP contribution is -2.41. The molecule has 10 heteroatoms. The second-order valence-electron chi connectivity index (χ2n) is 6.23. The highest BCUT2D eigenvalue weighted by molar-refractivity contribution is 5.65. The minimum absolute atomic E-state index is 0.0880. The number of rotatable bonds is 4. The standard InChI is InChI=1S/C18H17FN4O5/c19-14-7-12(2-1-11(14)9-20)23-17(25)8-16(15(10-24)21-23)28-13-3-5-22(6-4-13)18(26)27/h1-2,7-8,13,24H,3-6,10H2,(H,26,27). The largest absolute Gasteiger partial charge is 0.488 e. The molecule has 1 aromatic heterocycles. The van der Waals surface area contributed by atoms with E-state index in [1.807, 2.05) is 0 Å². The van der Waals surface area contributed by atoms with Gasteiger partial charge in [0.25, 0.3) is 5.56 Å². The van der Waals surface area contributed by atoms with E-state index in [1.165, 1.54) is 17.0 Å². The molecule has 0 bridgehead atoms. The maximum atomic E-state index is 13.8. The Morgan fingerprint density at radius 2 is 2.07 bits per heavy atom. The Morgan fingerprint density at radius 1 is 1.36 bits per heavy atom. The van der Waals surface area contributed by atoms with Gasteiger partial charge in [0.15, 0.2) is 5.75 Å². The summed E-state index contributed by atoms with van der Waals surface area (Å²) in [5, 5.41) is 31.4.